The van der Waals surface area contributed by atoms with E-state index >= 15 is 0 Å². The molecule has 4 aromatic rings. The Morgan fingerprint density at radius 1 is 1.03 bits per heavy atom. The van der Waals surface area contributed by atoms with Crippen molar-refractivity contribution in [3.8, 4) is 0 Å². The van der Waals surface area contributed by atoms with Crippen LogP contribution in [0.25, 0.3) is 10.9 Å². The minimum Gasteiger partial charge on any atom is -0.369 e. The number of sulfonamides is 1. The van der Waals surface area contributed by atoms with Gasteiger partial charge in [-0.25, -0.2) is 23.1 Å². The van der Waals surface area contributed by atoms with Gasteiger partial charge in [0.15, 0.2) is 0 Å². The average molecular weight is 485 g/mol. The molecule has 172 valence electrons. The molecule has 0 radical (unpaired) electrons. The summed E-state index contributed by atoms with van der Waals surface area (Å²) < 4.78 is 29.5. The molecule has 0 aliphatic carbocycles. The van der Waals surface area contributed by atoms with E-state index in [9.17, 15) is 8.42 Å². The maximum absolute atomic E-state index is 12.8. The molecule has 0 saturated heterocycles. The van der Waals surface area contributed by atoms with Gasteiger partial charge >= 0.3 is 0 Å². The molecule has 4 rings (SSSR count). The highest BCUT2D eigenvalue weighted by Crippen LogP contribution is 2.24. The number of anilines is 1. The third-order valence-corrected chi connectivity index (χ3v) is 7.31. The predicted molar refractivity (Wildman–Crippen MR) is 130 cm³/mol. The summed E-state index contributed by atoms with van der Waals surface area (Å²) in [4.78, 5) is 9.08. The van der Waals surface area contributed by atoms with Crippen LogP contribution in [-0.4, -0.2) is 34.7 Å². The number of halogens is 1. The van der Waals surface area contributed by atoms with Gasteiger partial charge in [-0.15, -0.1) is 0 Å². The van der Waals surface area contributed by atoms with Crippen LogP contribution in [-0.2, 0) is 30.0 Å². The maximum atomic E-state index is 12.8. The molecule has 10 heteroatoms. The molecule has 2 N–H and O–H groups in total. The number of aromatic nitrogens is 4. The van der Waals surface area contributed by atoms with Crippen LogP contribution >= 0.6 is 11.6 Å². The van der Waals surface area contributed by atoms with E-state index in [2.05, 4.69) is 37.2 Å². The normalized spacial score (nSPS) is 11.7. The number of hydrogen-bond acceptors (Lipinski definition) is 6. The van der Waals surface area contributed by atoms with Gasteiger partial charge in [0, 0.05) is 19.0 Å². The zero-order valence-corrected chi connectivity index (χ0v) is 20.0. The number of nitrogens with zero attached hydrogens (tertiary/aromatic N) is 4. The standard InChI is InChI=1S/C23H25ClN6O2S/c1-16-21(22(24)30(2)29-16)33(31,32)26-15-20-27-19-13-7-6-12-18(19)23(28-20)25-14-8-11-17-9-4-3-5-10-17/h3-7,9-10,12-13,26H,8,11,14-15H2,1-2H3,(H,25,27,28). The third-order valence-electron chi connectivity index (χ3n) is 5.22. The van der Waals surface area contributed by atoms with Gasteiger partial charge in [-0.2, -0.15) is 5.10 Å². The van der Waals surface area contributed by atoms with Crippen LogP contribution in [0.5, 0.6) is 0 Å². The summed E-state index contributed by atoms with van der Waals surface area (Å²) >= 11 is 6.14. The molecule has 2 aromatic carbocycles. The zero-order valence-electron chi connectivity index (χ0n) is 18.4. The van der Waals surface area contributed by atoms with Gasteiger partial charge in [0.2, 0.25) is 10.0 Å². The summed E-state index contributed by atoms with van der Waals surface area (Å²) in [6.45, 7) is 2.26. The minimum atomic E-state index is -3.88. The van der Waals surface area contributed by atoms with Crippen LogP contribution < -0.4 is 10.0 Å². The maximum Gasteiger partial charge on any atom is 0.245 e. The van der Waals surface area contributed by atoms with E-state index in [1.807, 2.05) is 42.5 Å². The van der Waals surface area contributed by atoms with Gasteiger partial charge in [0.1, 0.15) is 21.7 Å². The van der Waals surface area contributed by atoms with Crippen molar-refractivity contribution in [3.05, 3.63) is 76.8 Å². The quantitative estimate of drug-likeness (QED) is 0.350. The molecule has 0 spiro atoms. The molecule has 2 heterocycles. The monoisotopic (exact) mass is 484 g/mol. The molecule has 2 aromatic heterocycles. The zero-order chi connectivity index (χ0) is 23.4. The van der Waals surface area contributed by atoms with E-state index < -0.39 is 10.0 Å². The Morgan fingerprint density at radius 3 is 2.48 bits per heavy atom. The molecule has 0 bridgehead atoms. The molecular weight excluding hydrogens is 460 g/mol. The SMILES string of the molecule is Cc1nn(C)c(Cl)c1S(=O)(=O)NCc1nc(NCCCc2ccccc2)c2ccccc2n1. The lowest BCUT2D eigenvalue weighted by atomic mass is 10.1. The van der Waals surface area contributed by atoms with Crippen LogP contribution in [0.2, 0.25) is 5.15 Å². The molecule has 33 heavy (non-hydrogen) atoms. The van der Waals surface area contributed by atoms with E-state index in [0.717, 1.165) is 30.3 Å². The van der Waals surface area contributed by atoms with Crippen molar-refractivity contribution in [2.24, 2.45) is 7.05 Å². The summed E-state index contributed by atoms with van der Waals surface area (Å²) in [6, 6.07) is 17.9. The predicted octanol–water partition coefficient (Wildman–Crippen LogP) is 3.85. The van der Waals surface area contributed by atoms with Crippen molar-refractivity contribution in [2.75, 3.05) is 11.9 Å². The van der Waals surface area contributed by atoms with Crippen molar-refractivity contribution in [1.29, 1.82) is 0 Å². The first-order chi connectivity index (χ1) is 15.8. The van der Waals surface area contributed by atoms with Gasteiger partial charge in [-0.05, 0) is 37.5 Å². The van der Waals surface area contributed by atoms with E-state index in [1.54, 1.807) is 14.0 Å². The van der Waals surface area contributed by atoms with E-state index in [1.165, 1.54) is 10.2 Å². The van der Waals surface area contributed by atoms with Gasteiger partial charge in [-0.1, -0.05) is 54.1 Å². The number of rotatable bonds is 9. The summed E-state index contributed by atoms with van der Waals surface area (Å²) in [7, 11) is -2.29. The Morgan fingerprint density at radius 2 is 1.76 bits per heavy atom. The summed E-state index contributed by atoms with van der Waals surface area (Å²) in [5.41, 5.74) is 2.35. The van der Waals surface area contributed by atoms with Gasteiger partial charge in [-0.3, -0.25) is 4.68 Å². The molecule has 0 aliphatic heterocycles. The van der Waals surface area contributed by atoms with Crippen LogP contribution in [0.3, 0.4) is 0 Å². The highest BCUT2D eigenvalue weighted by Gasteiger charge is 2.25. The Hall–Kier alpha value is -3.01. The lowest BCUT2D eigenvalue weighted by Gasteiger charge is -2.12. The number of nitrogens with one attached hydrogen (secondary N) is 2. The fourth-order valence-electron chi connectivity index (χ4n) is 3.63. The fourth-order valence-corrected chi connectivity index (χ4v) is 5.36. The van der Waals surface area contributed by atoms with E-state index in [4.69, 9.17) is 11.6 Å². The second-order valence-corrected chi connectivity index (χ2v) is 9.74. The Bertz CT molecular complexity index is 1370. The molecule has 0 saturated carbocycles. The highest BCUT2D eigenvalue weighted by atomic mass is 35.5. The van der Waals surface area contributed by atoms with Gasteiger partial charge < -0.3 is 5.32 Å². The van der Waals surface area contributed by atoms with Crippen molar-refractivity contribution < 1.29 is 8.42 Å². The van der Waals surface area contributed by atoms with Gasteiger partial charge in [0.05, 0.1) is 17.8 Å². The number of para-hydroxylation sites is 1. The van der Waals surface area contributed by atoms with Crippen molar-refractivity contribution >= 4 is 38.3 Å². The number of benzene rings is 2. The third kappa shape index (κ3) is 5.32. The van der Waals surface area contributed by atoms with Crippen LogP contribution in [0, 0.1) is 6.92 Å². The van der Waals surface area contributed by atoms with Crippen molar-refractivity contribution in [1.82, 2.24) is 24.5 Å². The highest BCUT2D eigenvalue weighted by molar-refractivity contribution is 7.89. The smallest absolute Gasteiger partial charge is 0.245 e. The topological polar surface area (TPSA) is 102 Å². The first-order valence-electron chi connectivity index (χ1n) is 10.6. The second kappa shape index (κ2) is 9.86. The molecule has 0 fully saturated rings. The first kappa shape index (κ1) is 23.2. The van der Waals surface area contributed by atoms with Crippen LogP contribution in [0.4, 0.5) is 5.82 Å². The fraction of sp³-hybridized carbons (Fsp3) is 0.261. The summed E-state index contributed by atoms with van der Waals surface area (Å²) in [6.07, 6.45) is 1.89. The molecule has 8 nitrogen and oxygen atoms in total. The van der Waals surface area contributed by atoms with Crippen molar-refractivity contribution in [2.45, 2.75) is 31.2 Å². The van der Waals surface area contributed by atoms with Gasteiger partial charge in [0.25, 0.3) is 0 Å². The van der Waals surface area contributed by atoms with E-state index in [0.29, 0.717) is 17.3 Å². The first-order valence-corrected chi connectivity index (χ1v) is 12.4. The molecule has 0 amide bonds. The van der Waals surface area contributed by atoms with Crippen LogP contribution in [0.1, 0.15) is 23.5 Å². The lowest BCUT2D eigenvalue weighted by molar-refractivity contribution is 0.578. The largest absolute Gasteiger partial charge is 0.369 e. The lowest BCUT2D eigenvalue weighted by Crippen LogP contribution is -2.25. The molecule has 0 aliphatic rings. The average Bonchev–Trinajstić information content (AvgIpc) is 3.07. The number of fused-ring (bicyclic) bond motifs is 1. The van der Waals surface area contributed by atoms with E-state index in [-0.39, 0.29) is 16.6 Å². The minimum absolute atomic E-state index is 0.0354. The second-order valence-electron chi connectivity index (χ2n) is 7.68. The molecular formula is C23H25ClN6O2S. The van der Waals surface area contributed by atoms with Crippen molar-refractivity contribution in [3.63, 3.8) is 0 Å². The summed E-state index contributed by atoms with van der Waals surface area (Å²) in [5, 5.41) is 8.40. The van der Waals surface area contributed by atoms with Crippen LogP contribution in [0.15, 0.2) is 59.5 Å². The number of aryl methyl sites for hydroxylation is 3. The summed E-state index contributed by atoms with van der Waals surface area (Å²) in [5.74, 6) is 1.04. The molecule has 0 atom stereocenters. The Kier molecular flexibility index (Phi) is 6.92. The Balaban J connectivity index is 1.50. The molecule has 0 unspecified atom stereocenters. The Labute approximate surface area is 198 Å². The number of hydrogen-bond donors (Lipinski definition) is 2.